The van der Waals surface area contributed by atoms with Crippen LogP contribution in [0.1, 0.15) is 56.2 Å². The van der Waals surface area contributed by atoms with Crippen LogP contribution in [0.15, 0.2) is 6.07 Å². The Morgan fingerprint density at radius 3 is 2.62 bits per heavy atom. The highest BCUT2D eigenvalue weighted by molar-refractivity contribution is 7.18. The molecule has 0 saturated heterocycles. The molecule has 2 aromatic heterocycles. The van der Waals surface area contributed by atoms with Crippen LogP contribution in [0.2, 0.25) is 5.15 Å². The Balaban J connectivity index is 2.09. The number of thiophene rings is 1. The van der Waals surface area contributed by atoms with Crippen molar-refractivity contribution in [3.05, 3.63) is 21.9 Å². The van der Waals surface area contributed by atoms with Gasteiger partial charge in [-0.25, -0.2) is 9.97 Å². The monoisotopic (exact) mass is 324 g/mol. The van der Waals surface area contributed by atoms with Gasteiger partial charge in [0.1, 0.15) is 15.6 Å². The molecule has 114 valence electrons. The SMILES string of the molecule is CCOC1(c2nc(Cl)c3cc(C)sc3n2)CCCCCC1. The molecule has 21 heavy (non-hydrogen) atoms. The first kappa shape index (κ1) is 15.2. The molecule has 0 spiro atoms. The van der Waals surface area contributed by atoms with Crippen molar-refractivity contribution in [1.29, 1.82) is 0 Å². The molecule has 0 atom stereocenters. The minimum Gasteiger partial charge on any atom is -0.367 e. The molecule has 0 radical (unpaired) electrons. The van der Waals surface area contributed by atoms with Gasteiger partial charge in [0, 0.05) is 16.9 Å². The maximum atomic E-state index is 6.40. The van der Waals surface area contributed by atoms with Crippen LogP contribution in [-0.2, 0) is 10.3 Å². The van der Waals surface area contributed by atoms with Crippen molar-refractivity contribution in [1.82, 2.24) is 9.97 Å². The summed E-state index contributed by atoms with van der Waals surface area (Å²) < 4.78 is 6.17. The van der Waals surface area contributed by atoms with Crippen LogP contribution in [0.25, 0.3) is 10.2 Å². The van der Waals surface area contributed by atoms with Gasteiger partial charge in [0.05, 0.1) is 0 Å². The molecular formula is C16H21ClN2OS. The van der Waals surface area contributed by atoms with E-state index in [1.165, 1.54) is 30.6 Å². The molecule has 0 N–H and O–H groups in total. The lowest BCUT2D eigenvalue weighted by molar-refractivity contribution is -0.0621. The molecule has 2 aromatic rings. The summed E-state index contributed by atoms with van der Waals surface area (Å²) in [4.78, 5) is 11.6. The number of halogens is 1. The van der Waals surface area contributed by atoms with E-state index in [-0.39, 0.29) is 5.60 Å². The summed E-state index contributed by atoms with van der Waals surface area (Å²) in [6, 6.07) is 2.06. The Labute approximate surface area is 134 Å². The van der Waals surface area contributed by atoms with Gasteiger partial charge in [-0.3, -0.25) is 0 Å². The summed E-state index contributed by atoms with van der Waals surface area (Å²) in [5.74, 6) is 0.783. The number of fused-ring (bicyclic) bond motifs is 1. The van der Waals surface area contributed by atoms with Crippen molar-refractivity contribution >= 4 is 33.2 Å². The largest absolute Gasteiger partial charge is 0.367 e. The molecule has 1 fully saturated rings. The van der Waals surface area contributed by atoms with Crippen LogP contribution >= 0.6 is 22.9 Å². The van der Waals surface area contributed by atoms with E-state index in [1.807, 2.05) is 6.92 Å². The fourth-order valence-electron chi connectivity index (χ4n) is 3.22. The van der Waals surface area contributed by atoms with E-state index < -0.39 is 0 Å². The van der Waals surface area contributed by atoms with Gasteiger partial charge in [0.15, 0.2) is 5.82 Å². The third kappa shape index (κ3) is 2.94. The van der Waals surface area contributed by atoms with Crippen molar-refractivity contribution in [3.63, 3.8) is 0 Å². The number of rotatable bonds is 3. The molecule has 1 aliphatic rings. The van der Waals surface area contributed by atoms with Crippen LogP contribution in [0.5, 0.6) is 0 Å². The fourth-order valence-corrected chi connectivity index (χ4v) is 4.38. The summed E-state index contributed by atoms with van der Waals surface area (Å²) in [6.45, 7) is 4.80. The van der Waals surface area contributed by atoms with Crippen molar-refractivity contribution in [2.45, 2.75) is 58.0 Å². The number of hydrogen-bond acceptors (Lipinski definition) is 4. The lowest BCUT2D eigenvalue weighted by atomic mass is 9.93. The summed E-state index contributed by atoms with van der Waals surface area (Å²) in [5.41, 5.74) is -0.346. The van der Waals surface area contributed by atoms with Crippen LogP contribution in [-0.4, -0.2) is 16.6 Å². The predicted molar refractivity (Wildman–Crippen MR) is 88.2 cm³/mol. The van der Waals surface area contributed by atoms with Crippen molar-refractivity contribution in [2.75, 3.05) is 6.61 Å². The molecule has 0 unspecified atom stereocenters. The summed E-state index contributed by atoms with van der Waals surface area (Å²) in [7, 11) is 0. The van der Waals surface area contributed by atoms with Gasteiger partial charge in [-0.15, -0.1) is 11.3 Å². The molecule has 0 bridgehead atoms. The topological polar surface area (TPSA) is 35.0 Å². The van der Waals surface area contributed by atoms with E-state index in [0.717, 1.165) is 28.9 Å². The Bertz CT molecular complexity index is 632. The summed E-state index contributed by atoms with van der Waals surface area (Å²) in [5, 5.41) is 1.52. The number of aromatic nitrogens is 2. The first-order valence-electron chi connectivity index (χ1n) is 7.73. The number of hydrogen-bond donors (Lipinski definition) is 0. The van der Waals surface area contributed by atoms with Gasteiger partial charge in [-0.05, 0) is 32.8 Å². The van der Waals surface area contributed by atoms with E-state index in [9.17, 15) is 0 Å². The summed E-state index contributed by atoms with van der Waals surface area (Å²) >= 11 is 8.07. The Morgan fingerprint density at radius 2 is 1.95 bits per heavy atom. The molecule has 5 heteroatoms. The third-order valence-electron chi connectivity index (χ3n) is 4.21. The van der Waals surface area contributed by atoms with Gasteiger partial charge in [-0.1, -0.05) is 37.3 Å². The maximum absolute atomic E-state index is 6.40. The van der Waals surface area contributed by atoms with Crippen LogP contribution in [0.3, 0.4) is 0 Å². The third-order valence-corrected chi connectivity index (χ3v) is 5.44. The first-order chi connectivity index (χ1) is 10.1. The summed E-state index contributed by atoms with van der Waals surface area (Å²) in [6.07, 6.45) is 6.86. The zero-order valence-corrected chi connectivity index (χ0v) is 14.2. The standard InChI is InChI=1S/C16H21ClN2OS/c1-3-20-16(8-6-4-5-7-9-16)15-18-13(17)12-10-11(2)21-14(12)19-15/h10H,3-9H2,1-2H3. The average Bonchev–Trinajstić information content (AvgIpc) is 2.68. The van der Waals surface area contributed by atoms with Gasteiger partial charge < -0.3 is 4.74 Å². The average molecular weight is 325 g/mol. The second-order valence-corrected chi connectivity index (χ2v) is 7.35. The zero-order chi connectivity index (χ0) is 14.9. The quantitative estimate of drug-likeness (QED) is 0.572. The van der Waals surface area contributed by atoms with E-state index in [4.69, 9.17) is 21.3 Å². The molecular weight excluding hydrogens is 304 g/mol. The highest BCUT2D eigenvalue weighted by Crippen LogP contribution is 2.40. The van der Waals surface area contributed by atoms with E-state index in [0.29, 0.717) is 11.8 Å². The second-order valence-electron chi connectivity index (χ2n) is 5.76. The van der Waals surface area contributed by atoms with E-state index >= 15 is 0 Å². The molecule has 0 amide bonds. The highest BCUT2D eigenvalue weighted by atomic mass is 35.5. The number of ether oxygens (including phenoxy) is 1. The van der Waals surface area contributed by atoms with Crippen molar-refractivity contribution in [3.8, 4) is 0 Å². The highest BCUT2D eigenvalue weighted by Gasteiger charge is 2.37. The van der Waals surface area contributed by atoms with E-state index in [2.05, 4.69) is 18.0 Å². The molecule has 3 nitrogen and oxygen atoms in total. The van der Waals surface area contributed by atoms with Crippen LogP contribution in [0.4, 0.5) is 0 Å². The molecule has 0 aromatic carbocycles. The smallest absolute Gasteiger partial charge is 0.163 e. The molecule has 0 aliphatic heterocycles. The molecule has 3 rings (SSSR count). The first-order valence-corrected chi connectivity index (χ1v) is 8.92. The minimum atomic E-state index is -0.346. The Morgan fingerprint density at radius 1 is 1.24 bits per heavy atom. The lowest BCUT2D eigenvalue weighted by Gasteiger charge is -2.31. The van der Waals surface area contributed by atoms with Gasteiger partial charge in [0.2, 0.25) is 0 Å². The fraction of sp³-hybridized carbons (Fsp3) is 0.625. The maximum Gasteiger partial charge on any atom is 0.163 e. The normalized spacial score (nSPS) is 18.8. The van der Waals surface area contributed by atoms with Crippen LogP contribution in [0, 0.1) is 6.92 Å². The molecule has 2 heterocycles. The Hall–Kier alpha value is -0.710. The van der Waals surface area contributed by atoms with Crippen LogP contribution < -0.4 is 0 Å². The Kier molecular flexibility index (Phi) is 4.48. The van der Waals surface area contributed by atoms with Crippen molar-refractivity contribution in [2.24, 2.45) is 0 Å². The second kappa shape index (κ2) is 6.19. The predicted octanol–water partition coefficient (Wildman–Crippen LogP) is 5.24. The van der Waals surface area contributed by atoms with Gasteiger partial charge >= 0.3 is 0 Å². The zero-order valence-electron chi connectivity index (χ0n) is 12.6. The minimum absolute atomic E-state index is 0.346. The molecule has 1 aliphatic carbocycles. The van der Waals surface area contributed by atoms with Crippen molar-refractivity contribution < 1.29 is 4.74 Å². The van der Waals surface area contributed by atoms with Gasteiger partial charge in [-0.2, -0.15) is 0 Å². The molecule has 1 saturated carbocycles. The van der Waals surface area contributed by atoms with Gasteiger partial charge in [0.25, 0.3) is 0 Å². The number of aryl methyl sites for hydroxylation is 1. The van der Waals surface area contributed by atoms with E-state index in [1.54, 1.807) is 11.3 Å². The lowest BCUT2D eigenvalue weighted by Crippen LogP contribution is -2.31. The number of nitrogens with zero attached hydrogens (tertiary/aromatic N) is 2.